The van der Waals surface area contributed by atoms with E-state index in [-0.39, 0.29) is 11.2 Å². The van der Waals surface area contributed by atoms with Gasteiger partial charge in [-0.15, -0.1) is 3.94 Å². The molecule has 2 aromatic heterocycles. The Kier molecular flexibility index (Phi) is 6.93. The predicted molar refractivity (Wildman–Crippen MR) is 96.0 cm³/mol. The molecule has 0 aliphatic heterocycles. The van der Waals surface area contributed by atoms with Gasteiger partial charge < -0.3 is 0 Å². The van der Waals surface area contributed by atoms with Crippen molar-refractivity contribution in [3.05, 3.63) is 24.6 Å². The quantitative estimate of drug-likeness (QED) is 0.492. The molecule has 1 aliphatic carbocycles. The Morgan fingerprint density at radius 2 is 1.48 bits per heavy atom. The van der Waals surface area contributed by atoms with E-state index in [0.29, 0.717) is 17.2 Å². The van der Waals surface area contributed by atoms with Gasteiger partial charge in [0.05, 0.1) is 0 Å². The summed E-state index contributed by atoms with van der Waals surface area (Å²) in [5.74, 6) is 0. The zero-order valence-corrected chi connectivity index (χ0v) is 18.5. The third-order valence-corrected chi connectivity index (χ3v) is 6.70. The maximum atomic E-state index is 12.0. The molecule has 0 bridgehead atoms. The molecule has 0 unspecified atom stereocenters. The van der Waals surface area contributed by atoms with E-state index < -0.39 is 0 Å². The van der Waals surface area contributed by atoms with Gasteiger partial charge in [0.2, 0.25) is 0 Å². The molecule has 0 N–H and O–H groups in total. The van der Waals surface area contributed by atoms with Gasteiger partial charge in [0.25, 0.3) is 0 Å². The number of rotatable bonds is 1. The van der Waals surface area contributed by atoms with Crippen LogP contribution in [0.15, 0.2) is 9.59 Å². The number of aryl methyl sites for hydroxylation is 3. The van der Waals surface area contributed by atoms with Gasteiger partial charge in [-0.25, -0.2) is 0 Å². The standard InChI is InChI=1S/C9H12N4O2.C6H11Cl2N.Pt/c1-10-5-11(2)7-6(10)8(14)13(4)9(15)12(7)3;7-9(8)6-4-2-1-3-5-6;/h1-4H3;6H,1-5H2;. The summed E-state index contributed by atoms with van der Waals surface area (Å²) in [5.41, 5.74) is 0.604. The van der Waals surface area contributed by atoms with E-state index in [1.165, 1.54) is 34.8 Å². The summed E-state index contributed by atoms with van der Waals surface area (Å²) in [4.78, 5) is 23.8. The maximum absolute atomic E-state index is 12.0. The van der Waals surface area contributed by atoms with E-state index in [9.17, 15) is 9.59 Å². The number of hydrogen-bond donors (Lipinski definition) is 0. The van der Waals surface area contributed by atoms with Crippen molar-refractivity contribution in [2.45, 2.75) is 38.1 Å². The van der Waals surface area contributed by atoms with E-state index in [0.717, 1.165) is 21.2 Å². The first kappa shape index (κ1) is 20.7. The molecule has 7 nitrogen and oxygen atoms in total. The molecule has 0 radical (unpaired) electrons. The van der Waals surface area contributed by atoms with Crippen molar-refractivity contribution in [1.29, 1.82) is 0 Å². The van der Waals surface area contributed by atoms with Crippen LogP contribution in [-0.2, 0) is 47.5 Å². The normalized spacial score (nSPS) is 15.6. The molecule has 1 saturated carbocycles. The van der Waals surface area contributed by atoms with Gasteiger partial charge >= 0.3 is 102 Å². The van der Waals surface area contributed by atoms with Crippen LogP contribution in [0.2, 0.25) is 0 Å². The second-order valence-electron chi connectivity index (χ2n) is 6.29. The van der Waals surface area contributed by atoms with E-state index in [4.69, 9.17) is 23.6 Å². The topological polar surface area (TPSA) is 57.1 Å². The number of halogens is 2. The molecule has 2 heterocycles. The second kappa shape index (κ2) is 8.38. The zero-order valence-electron chi connectivity index (χ0n) is 14.7. The van der Waals surface area contributed by atoms with Crippen LogP contribution in [0.1, 0.15) is 32.1 Å². The summed E-state index contributed by atoms with van der Waals surface area (Å²) in [6.07, 6.45) is 6.22. The molecule has 144 valence electrons. The van der Waals surface area contributed by atoms with Gasteiger partial charge in [-0.3, -0.25) is 0 Å². The molecule has 1 aliphatic rings. The number of imidazole rings is 1. The van der Waals surface area contributed by atoms with Gasteiger partial charge in [-0.1, -0.05) is 19.3 Å². The fourth-order valence-corrected chi connectivity index (χ4v) is 4.05. The van der Waals surface area contributed by atoms with Crippen molar-refractivity contribution < 1.29 is 19.4 Å². The molecule has 1 fully saturated rings. The van der Waals surface area contributed by atoms with E-state index >= 15 is 0 Å². The predicted octanol–water partition coefficient (Wildman–Crippen LogP) is 1.92. The van der Waals surface area contributed by atoms with Crippen LogP contribution in [-0.4, -0.2) is 28.2 Å². The number of fused-ring (bicyclic) bond motifs is 1. The first-order chi connectivity index (χ1) is 11.7. The van der Waals surface area contributed by atoms with Gasteiger partial charge in [0, 0.05) is 6.04 Å². The first-order valence-electron chi connectivity index (χ1n) is 8.06. The molecular formula is C15H23Cl2N5O2Pt. The number of hydrogen-bond acceptors (Lipinski definition) is 3. The molecule has 2 aromatic rings. The molecule has 0 atom stereocenters. The third-order valence-electron chi connectivity index (χ3n) is 4.63. The molecule has 0 aromatic carbocycles. The Labute approximate surface area is 167 Å². The minimum atomic E-state index is -0.310. The van der Waals surface area contributed by atoms with Gasteiger partial charge in [-0.05, 0) is 36.4 Å². The van der Waals surface area contributed by atoms with Crippen molar-refractivity contribution in [2.24, 2.45) is 28.2 Å². The van der Waals surface area contributed by atoms with Gasteiger partial charge in [0.1, 0.15) is 0 Å². The fraction of sp³-hybridized carbons (Fsp3) is 0.667. The Morgan fingerprint density at radius 3 is 1.96 bits per heavy atom. The number of nitrogens with zero attached hydrogens (tertiary/aromatic N) is 5. The molecule has 0 saturated heterocycles. The summed E-state index contributed by atoms with van der Waals surface area (Å²) in [5, 5.41) is 0. The summed E-state index contributed by atoms with van der Waals surface area (Å²) in [7, 11) is 6.81. The van der Waals surface area contributed by atoms with Crippen molar-refractivity contribution in [3.63, 3.8) is 0 Å². The van der Waals surface area contributed by atoms with Crippen molar-refractivity contribution in [1.82, 2.24) is 22.2 Å². The Hall–Kier alpha value is -0.622. The molecule has 25 heavy (non-hydrogen) atoms. The summed E-state index contributed by atoms with van der Waals surface area (Å²) >= 11 is 13.2. The Bertz CT molecular complexity index is 935. The van der Waals surface area contributed by atoms with Crippen LogP contribution < -0.4 is 11.2 Å². The SMILES string of the molecule is ClN(Cl)C1CCCCC1.Cn1c(=O)c2c(n(C)c1=O)n(C)[c](=[Pt])n2C. The zero-order chi connectivity index (χ0) is 18.9. The van der Waals surface area contributed by atoms with Crippen LogP contribution in [0.3, 0.4) is 0 Å². The van der Waals surface area contributed by atoms with Crippen LogP contribution in [0.5, 0.6) is 0 Å². The van der Waals surface area contributed by atoms with E-state index in [1.54, 1.807) is 11.6 Å². The van der Waals surface area contributed by atoms with Crippen LogP contribution in [0.4, 0.5) is 0 Å². The molecule has 10 heteroatoms. The second-order valence-corrected chi connectivity index (χ2v) is 8.21. The van der Waals surface area contributed by atoms with Gasteiger partial charge in [0.15, 0.2) is 0 Å². The van der Waals surface area contributed by atoms with Crippen molar-refractivity contribution in [2.75, 3.05) is 0 Å². The van der Waals surface area contributed by atoms with Crippen LogP contribution in [0, 0.1) is 3.80 Å². The molecule has 0 spiro atoms. The average molecular weight is 571 g/mol. The summed E-state index contributed by atoms with van der Waals surface area (Å²) < 4.78 is 8.43. The third kappa shape index (κ3) is 4.05. The van der Waals surface area contributed by atoms with Crippen molar-refractivity contribution in [3.8, 4) is 0 Å². The Morgan fingerprint density at radius 1 is 0.920 bits per heavy atom. The minimum absolute atomic E-state index is 0.264. The fourth-order valence-electron chi connectivity index (χ4n) is 3.16. The van der Waals surface area contributed by atoms with Crippen LogP contribution in [0.25, 0.3) is 11.2 Å². The summed E-state index contributed by atoms with van der Waals surface area (Å²) in [6.45, 7) is 0. The number of aromatic nitrogens is 4. The molecule has 0 amide bonds. The average Bonchev–Trinajstić information content (AvgIpc) is 2.83. The summed E-state index contributed by atoms with van der Waals surface area (Å²) in [6, 6.07) is 0.419. The van der Waals surface area contributed by atoms with Gasteiger partial charge in [-0.2, -0.15) is 0 Å². The van der Waals surface area contributed by atoms with Crippen LogP contribution >= 0.6 is 23.6 Å². The van der Waals surface area contributed by atoms with E-state index in [1.807, 2.05) is 18.7 Å². The van der Waals surface area contributed by atoms with E-state index in [2.05, 4.69) is 19.4 Å². The molecule has 3 rings (SSSR count). The van der Waals surface area contributed by atoms with Crippen molar-refractivity contribution >= 4 is 34.7 Å². The first-order valence-corrected chi connectivity index (χ1v) is 9.87. The molecular weight excluding hydrogens is 548 g/mol. The Balaban J connectivity index is 0.000000212. The monoisotopic (exact) mass is 570 g/mol.